The summed E-state index contributed by atoms with van der Waals surface area (Å²) >= 11 is -0.823. The van der Waals surface area contributed by atoms with Gasteiger partial charge in [0.25, 0.3) is 0 Å². The first-order valence-corrected chi connectivity index (χ1v) is 4.89. The molecule has 2 nitrogen and oxygen atoms in total. The Labute approximate surface area is 66.7 Å². The van der Waals surface area contributed by atoms with Crippen molar-refractivity contribution in [2.75, 3.05) is 12.3 Å². The maximum absolute atomic E-state index is 10.9. The first kappa shape index (κ1) is 10.3. The van der Waals surface area contributed by atoms with E-state index in [1.165, 1.54) is 0 Å². The highest BCUT2D eigenvalue weighted by Crippen LogP contribution is 2.10. The van der Waals surface area contributed by atoms with Crippen LogP contribution in [0.25, 0.3) is 0 Å². The molecule has 0 amide bonds. The average Bonchev–Trinajstić information content (AvgIpc) is 1.81. The van der Waals surface area contributed by atoms with Crippen LogP contribution in [-0.4, -0.2) is 16.9 Å². The van der Waals surface area contributed by atoms with Gasteiger partial charge in [0.15, 0.2) is 0 Å². The zero-order chi connectivity index (χ0) is 8.20. The molecule has 62 valence electrons. The molecule has 0 saturated carbocycles. The lowest BCUT2D eigenvalue weighted by molar-refractivity contribution is 0.408. The van der Waals surface area contributed by atoms with Crippen LogP contribution in [0.1, 0.15) is 27.7 Å². The Morgan fingerprint density at radius 3 is 2.20 bits per heavy atom. The van der Waals surface area contributed by atoms with Crippen molar-refractivity contribution in [3.8, 4) is 0 Å². The van der Waals surface area contributed by atoms with Gasteiger partial charge in [0, 0.05) is 17.9 Å². The quantitative estimate of drug-likeness (QED) is 0.637. The van der Waals surface area contributed by atoms with Crippen LogP contribution in [0, 0.1) is 5.41 Å². The highest BCUT2D eigenvalue weighted by Gasteiger charge is 2.12. The minimum absolute atomic E-state index is 0.227. The van der Waals surface area contributed by atoms with Crippen LogP contribution in [0.2, 0.25) is 0 Å². The Hall–Kier alpha value is 0.270. The first-order valence-electron chi connectivity index (χ1n) is 3.57. The van der Waals surface area contributed by atoms with Crippen LogP contribution < -0.4 is 4.72 Å². The van der Waals surface area contributed by atoms with Crippen LogP contribution in [0.4, 0.5) is 0 Å². The van der Waals surface area contributed by atoms with Gasteiger partial charge < -0.3 is 4.55 Å². The van der Waals surface area contributed by atoms with Gasteiger partial charge in [0.2, 0.25) is 0 Å². The number of nitrogens with one attached hydrogen (secondary N) is 1. The molecule has 0 aliphatic heterocycles. The molecule has 3 heteroatoms. The zero-order valence-corrected chi connectivity index (χ0v) is 8.05. The molecule has 10 heavy (non-hydrogen) atoms. The molecule has 0 aromatic rings. The van der Waals surface area contributed by atoms with Gasteiger partial charge in [-0.3, -0.25) is 0 Å². The molecule has 1 N–H and O–H groups in total. The number of hydrogen-bond acceptors (Lipinski definition) is 2. The topological polar surface area (TPSA) is 35.1 Å². The third-order valence-corrected chi connectivity index (χ3v) is 2.02. The van der Waals surface area contributed by atoms with E-state index in [9.17, 15) is 4.55 Å². The Kier molecular flexibility index (Phi) is 4.32. The van der Waals surface area contributed by atoms with Crippen molar-refractivity contribution in [1.82, 2.24) is 4.72 Å². The fourth-order valence-corrected chi connectivity index (χ4v) is 1.20. The molecule has 0 rings (SSSR count). The lowest BCUT2D eigenvalue weighted by atomic mass is 9.98. The minimum atomic E-state index is -0.823. The third kappa shape index (κ3) is 6.39. The molecular formula is C7H17NOS. The predicted octanol–water partition coefficient (Wildman–Crippen LogP) is 1.31. The van der Waals surface area contributed by atoms with E-state index in [-0.39, 0.29) is 5.41 Å². The third-order valence-electron chi connectivity index (χ3n) is 1.03. The summed E-state index contributed by atoms with van der Waals surface area (Å²) in [5.74, 6) is 0.691. The van der Waals surface area contributed by atoms with Gasteiger partial charge in [-0.05, 0) is 12.3 Å². The van der Waals surface area contributed by atoms with E-state index < -0.39 is 11.4 Å². The molecule has 0 aliphatic carbocycles. The molecule has 0 aliphatic rings. The molecule has 0 radical (unpaired) electrons. The molecule has 1 atom stereocenters. The van der Waals surface area contributed by atoms with Gasteiger partial charge in [-0.25, -0.2) is 0 Å². The van der Waals surface area contributed by atoms with E-state index in [2.05, 4.69) is 25.5 Å². The molecule has 0 aromatic heterocycles. The van der Waals surface area contributed by atoms with Crippen molar-refractivity contribution in [2.24, 2.45) is 5.41 Å². The van der Waals surface area contributed by atoms with Crippen LogP contribution in [0.5, 0.6) is 0 Å². The van der Waals surface area contributed by atoms with Crippen molar-refractivity contribution in [3.05, 3.63) is 0 Å². The fraction of sp³-hybridized carbons (Fsp3) is 1.00. The second kappa shape index (κ2) is 4.21. The van der Waals surface area contributed by atoms with E-state index in [4.69, 9.17) is 0 Å². The van der Waals surface area contributed by atoms with Gasteiger partial charge in [0.1, 0.15) is 5.75 Å². The van der Waals surface area contributed by atoms with Gasteiger partial charge in [0.05, 0.1) is 0 Å². The van der Waals surface area contributed by atoms with E-state index in [0.717, 1.165) is 6.54 Å². The summed E-state index contributed by atoms with van der Waals surface area (Å²) in [7, 11) is 0. The fourth-order valence-electron chi connectivity index (χ4n) is 0.399. The lowest BCUT2D eigenvalue weighted by Gasteiger charge is -2.19. The maximum Gasteiger partial charge on any atom is 0.122 e. The zero-order valence-electron chi connectivity index (χ0n) is 7.23. The lowest BCUT2D eigenvalue weighted by Crippen LogP contribution is -2.33. The van der Waals surface area contributed by atoms with Crippen molar-refractivity contribution < 1.29 is 4.55 Å². The molecule has 1 unspecified atom stereocenters. The number of hydrogen-bond donors (Lipinski definition) is 1. The molecule has 0 fully saturated rings. The van der Waals surface area contributed by atoms with Crippen molar-refractivity contribution in [1.29, 1.82) is 0 Å². The maximum atomic E-state index is 10.9. The average molecular weight is 163 g/mol. The molecule has 0 aromatic carbocycles. The van der Waals surface area contributed by atoms with E-state index >= 15 is 0 Å². The molecule has 0 saturated heterocycles. The summed E-state index contributed by atoms with van der Waals surface area (Å²) in [4.78, 5) is 0. The van der Waals surface area contributed by atoms with Crippen LogP contribution >= 0.6 is 0 Å². The van der Waals surface area contributed by atoms with Crippen LogP contribution in [0.3, 0.4) is 0 Å². The van der Waals surface area contributed by atoms with Gasteiger partial charge in [-0.1, -0.05) is 20.8 Å². The molecule has 0 heterocycles. The monoisotopic (exact) mass is 163 g/mol. The van der Waals surface area contributed by atoms with Crippen LogP contribution in [-0.2, 0) is 11.4 Å². The molecule has 0 bridgehead atoms. The smallest absolute Gasteiger partial charge is 0.122 e. The second-order valence-corrected chi connectivity index (χ2v) is 5.07. The van der Waals surface area contributed by atoms with Crippen LogP contribution in [0.15, 0.2) is 0 Å². The Balaban J connectivity index is 3.36. The first-order chi connectivity index (χ1) is 4.45. The summed E-state index contributed by atoms with van der Waals surface area (Å²) in [5, 5.41) is 0. The largest absolute Gasteiger partial charge is 0.598 e. The Bertz CT molecular complexity index is 90.1. The summed E-state index contributed by atoms with van der Waals surface area (Å²) in [6, 6.07) is 0. The summed E-state index contributed by atoms with van der Waals surface area (Å²) in [6.07, 6.45) is 0. The highest BCUT2D eigenvalue weighted by molar-refractivity contribution is 7.89. The van der Waals surface area contributed by atoms with Crippen molar-refractivity contribution in [3.63, 3.8) is 0 Å². The highest BCUT2D eigenvalue weighted by atomic mass is 32.2. The van der Waals surface area contributed by atoms with E-state index in [0.29, 0.717) is 5.75 Å². The Morgan fingerprint density at radius 1 is 1.40 bits per heavy atom. The second-order valence-electron chi connectivity index (χ2n) is 3.52. The van der Waals surface area contributed by atoms with Gasteiger partial charge in [-0.15, -0.1) is 4.72 Å². The standard InChI is InChI=1S/C7H17NOS/c1-5-10(9)8-6-7(2,3)4/h8H,5-6H2,1-4H3. The SMILES string of the molecule is CC[S+]([O-])NCC(C)(C)C. The number of rotatable bonds is 3. The molecule has 0 spiro atoms. The Morgan fingerprint density at radius 2 is 1.90 bits per heavy atom. The summed E-state index contributed by atoms with van der Waals surface area (Å²) in [6.45, 7) is 9.08. The van der Waals surface area contributed by atoms with Gasteiger partial charge >= 0.3 is 0 Å². The van der Waals surface area contributed by atoms with E-state index in [1.807, 2.05) is 6.92 Å². The minimum Gasteiger partial charge on any atom is -0.598 e. The van der Waals surface area contributed by atoms with Crippen molar-refractivity contribution in [2.45, 2.75) is 27.7 Å². The normalized spacial score (nSPS) is 15.3. The summed E-state index contributed by atoms with van der Waals surface area (Å²) < 4.78 is 13.8. The molecular weight excluding hydrogens is 146 g/mol. The summed E-state index contributed by atoms with van der Waals surface area (Å²) in [5.41, 5.74) is 0.227. The van der Waals surface area contributed by atoms with Crippen molar-refractivity contribution >= 4 is 11.4 Å². The van der Waals surface area contributed by atoms with Gasteiger partial charge in [-0.2, -0.15) is 0 Å². The van der Waals surface area contributed by atoms with E-state index in [1.54, 1.807) is 0 Å². The predicted molar refractivity (Wildman–Crippen MR) is 46.1 cm³/mol.